The lowest BCUT2D eigenvalue weighted by atomic mass is 9.79. The summed E-state index contributed by atoms with van der Waals surface area (Å²) in [6, 6.07) is 3.41. The summed E-state index contributed by atoms with van der Waals surface area (Å²) in [4.78, 5) is 12.5. The summed E-state index contributed by atoms with van der Waals surface area (Å²) in [6.07, 6.45) is 3.30. The number of carbonyl (C=O) groups is 1. The number of rotatable bonds is 2. The molecule has 0 N–H and O–H groups in total. The number of benzene rings is 1. The zero-order chi connectivity index (χ0) is 14.9. The first-order valence-electron chi connectivity index (χ1n) is 7.31. The first-order valence-corrected chi connectivity index (χ1v) is 8.46. The average molecular weight is 312 g/mol. The summed E-state index contributed by atoms with van der Waals surface area (Å²) >= 11 is 1.92. The summed E-state index contributed by atoms with van der Waals surface area (Å²) in [5, 5.41) is 0. The lowest BCUT2D eigenvalue weighted by Crippen LogP contribution is -2.44. The molecule has 3 rings (SSSR count). The highest BCUT2D eigenvalue weighted by molar-refractivity contribution is 7.99. The summed E-state index contributed by atoms with van der Waals surface area (Å²) in [7, 11) is 0. The van der Waals surface area contributed by atoms with E-state index in [4.69, 9.17) is 4.74 Å². The van der Waals surface area contributed by atoms with Gasteiger partial charge in [-0.3, -0.25) is 4.79 Å². The number of ketones is 1. The molecule has 2 nitrogen and oxygen atoms in total. The predicted molar refractivity (Wildman–Crippen MR) is 78.7 cm³/mol. The summed E-state index contributed by atoms with van der Waals surface area (Å²) in [5.41, 5.74) is 0.0868. The van der Waals surface area contributed by atoms with Gasteiger partial charge in [0.15, 0.2) is 17.4 Å². The van der Waals surface area contributed by atoms with Gasteiger partial charge in [-0.15, -0.1) is 0 Å². The minimum absolute atomic E-state index is 0.0881. The monoisotopic (exact) mass is 312 g/mol. The Kier molecular flexibility index (Phi) is 4.31. The van der Waals surface area contributed by atoms with E-state index in [1.54, 1.807) is 0 Å². The molecule has 2 fully saturated rings. The van der Waals surface area contributed by atoms with Gasteiger partial charge in [0, 0.05) is 18.1 Å². The van der Waals surface area contributed by atoms with Gasteiger partial charge in [0.2, 0.25) is 0 Å². The number of hydrogen-bond acceptors (Lipinski definition) is 3. The van der Waals surface area contributed by atoms with E-state index in [0.717, 1.165) is 36.5 Å². The van der Waals surface area contributed by atoms with Crippen molar-refractivity contribution in [2.24, 2.45) is 5.92 Å². The molecule has 2 saturated heterocycles. The first-order chi connectivity index (χ1) is 10.1. The van der Waals surface area contributed by atoms with E-state index in [1.807, 2.05) is 11.8 Å². The number of hydrogen-bond donors (Lipinski definition) is 0. The number of carbonyl (C=O) groups excluding carboxylic acids is 1. The van der Waals surface area contributed by atoms with E-state index < -0.39 is 11.6 Å². The van der Waals surface area contributed by atoms with Gasteiger partial charge in [0.25, 0.3) is 0 Å². The van der Waals surface area contributed by atoms with Gasteiger partial charge < -0.3 is 4.74 Å². The van der Waals surface area contributed by atoms with Crippen LogP contribution < -0.4 is 0 Å². The quantitative estimate of drug-likeness (QED) is 0.776. The van der Waals surface area contributed by atoms with Crippen LogP contribution in [-0.4, -0.2) is 29.5 Å². The molecular weight excluding hydrogens is 294 g/mol. The molecule has 114 valence electrons. The maximum absolute atomic E-state index is 13.3. The second kappa shape index (κ2) is 6.05. The molecule has 0 aliphatic carbocycles. The van der Waals surface area contributed by atoms with Crippen LogP contribution in [0.5, 0.6) is 0 Å². The Balaban J connectivity index is 1.76. The molecule has 1 spiro atoms. The lowest BCUT2D eigenvalue weighted by Gasteiger charge is -2.42. The third kappa shape index (κ3) is 3.14. The first kappa shape index (κ1) is 15.0. The van der Waals surface area contributed by atoms with Gasteiger partial charge in [0.1, 0.15) is 0 Å². The molecule has 0 bridgehead atoms. The van der Waals surface area contributed by atoms with Gasteiger partial charge >= 0.3 is 0 Å². The molecule has 21 heavy (non-hydrogen) atoms. The average Bonchev–Trinajstić information content (AvgIpc) is 2.50. The highest BCUT2D eigenvalue weighted by Gasteiger charge is 2.41. The van der Waals surface area contributed by atoms with Crippen molar-refractivity contribution in [3.05, 3.63) is 35.4 Å². The zero-order valence-corrected chi connectivity index (χ0v) is 12.6. The Morgan fingerprint density at radius 1 is 1.24 bits per heavy atom. The normalized spacial score (nSPS) is 25.0. The van der Waals surface area contributed by atoms with Crippen LogP contribution in [0.2, 0.25) is 0 Å². The third-order valence-electron chi connectivity index (χ3n) is 4.47. The standard InChI is InChI=1S/C16H18F2O2S/c17-13-2-1-11(9-14(13)18)15(19)12-3-6-20-16(10-12)4-7-21-8-5-16/h1-2,9,12H,3-8,10H2. The van der Waals surface area contributed by atoms with Crippen molar-refractivity contribution < 1.29 is 18.3 Å². The van der Waals surface area contributed by atoms with E-state index in [2.05, 4.69) is 0 Å². The van der Waals surface area contributed by atoms with Crippen molar-refractivity contribution >= 4 is 17.5 Å². The van der Waals surface area contributed by atoms with Gasteiger partial charge in [-0.25, -0.2) is 8.78 Å². The van der Waals surface area contributed by atoms with Gasteiger partial charge in [-0.05, 0) is 55.4 Å². The Morgan fingerprint density at radius 2 is 2.00 bits per heavy atom. The zero-order valence-electron chi connectivity index (χ0n) is 11.7. The maximum atomic E-state index is 13.3. The molecule has 0 radical (unpaired) electrons. The lowest BCUT2D eigenvalue weighted by molar-refractivity contribution is -0.0959. The number of Topliss-reactive ketones (excluding diaryl/α,β-unsaturated/α-hetero) is 1. The van der Waals surface area contributed by atoms with Crippen molar-refractivity contribution in [1.29, 1.82) is 0 Å². The SMILES string of the molecule is O=C(c1ccc(F)c(F)c1)C1CCOC2(CCSCC2)C1. The van der Waals surface area contributed by atoms with E-state index in [1.165, 1.54) is 6.07 Å². The van der Waals surface area contributed by atoms with Crippen LogP contribution in [0, 0.1) is 17.6 Å². The molecule has 1 aromatic carbocycles. The summed E-state index contributed by atoms with van der Waals surface area (Å²) in [5.74, 6) is 0.00977. The Hall–Kier alpha value is -0.940. The molecular formula is C16H18F2O2S. The maximum Gasteiger partial charge on any atom is 0.166 e. The Bertz CT molecular complexity index is 536. The number of ether oxygens (including phenoxy) is 1. The van der Waals surface area contributed by atoms with E-state index >= 15 is 0 Å². The van der Waals surface area contributed by atoms with Crippen LogP contribution in [0.15, 0.2) is 18.2 Å². The third-order valence-corrected chi connectivity index (χ3v) is 5.46. The summed E-state index contributed by atoms with van der Waals surface area (Å²) in [6.45, 7) is 0.574. The van der Waals surface area contributed by atoms with E-state index in [9.17, 15) is 13.6 Å². The van der Waals surface area contributed by atoms with Crippen LogP contribution in [0.4, 0.5) is 8.78 Å². The number of halogens is 2. The minimum Gasteiger partial charge on any atom is -0.375 e. The van der Waals surface area contributed by atoms with Gasteiger partial charge in [-0.1, -0.05) is 0 Å². The largest absolute Gasteiger partial charge is 0.375 e. The fourth-order valence-electron chi connectivity index (χ4n) is 3.23. The minimum atomic E-state index is -0.961. The van der Waals surface area contributed by atoms with Crippen LogP contribution in [0.1, 0.15) is 36.0 Å². The van der Waals surface area contributed by atoms with Crippen molar-refractivity contribution in [3.63, 3.8) is 0 Å². The van der Waals surface area contributed by atoms with Crippen molar-refractivity contribution in [3.8, 4) is 0 Å². The Labute approximate surface area is 127 Å². The summed E-state index contributed by atoms with van der Waals surface area (Å²) < 4.78 is 32.2. The van der Waals surface area contributed by atoms with Crippen molar-refractivity contribution in [2.75, 3.05) is 18.1 Å². The molecule has 1 atom stereocenters. The van der Waals surface area contributed by atoms with Crippen LogP contribution in [0.25, 0.3) is 0 Å². The fourth-order valence-corrected chi connectivity index (χ4v) is 4.47. The topological polar surface area (TPSA) is 26.3 Å². The van der Waals surface area contributed by atoms with Crippen LogP contribution >= 0.6 is 11.8 Å². The number of thioether (sulfide) groups is 1. The van der Waals surface area contributed by atoms with E-state index in [0.29, 0.717) is 19.4 Å². The van der Waals surface area contributed by atoms with Crippen LogP contribution in [0.3, 0.4) is 0 Å². The molecule has 2 aliphatic rings. The Morgan fingerprint density at radius 3 is 2.71 bits per heavy atom. The highest BCUT2D eigenvalue weighted by Crippen LogP contribution is 2.40. The molecule has 1 aromatic rings. The second-order valence-electron chi connectivity index (χ2n) is 5.83. The molecule has 0 saturated carbocycles. The predicted octanol–water partition coefficient (Wildman–Crippen LogP) is 3.84. The van der Waals surface area contributed by atoms with E-state index in [-0.39, 0.29) is 22.9 Å². The highest BCUT2D eigenvalue weighted by atomic mass is 32.2. The second-order valence-corrected chi connectivity index (χ2v) is 7.05. The van der Waals surface area contributed by atoms with Gasteiger partial charge in [0.05, 0.1) is 5.60 Å². The molecule has 5 heteroatoms. The molecule has 1 unspecified atom stereocenters. The molecule has 2 heterocycles. The van der Waals surface area contributed by atoms with Crippen molar-refractivity contribution in [1.82, 2.24) is 0 Å². The molecule has 0 aromatic heterocycles. The van der Waals surface area contributed by atoms with Gasteiger partial charge in [-0.2, -0.15) is 11.8 Å². The van der Waals surface area contributed by atoms with Crippen LogP contribution in [-0.2, 0) is 4.74 Å². The van der Waals surface area contributed by atoms with Crippen molar-refractivity contribution in [2.45, 2.75) is 31.3 Å². The fraction of sp³-hybridized carbons (Fsp3) is 0.562. The molecule has 2 aliphatic heterocycles. The smallest absolute Gasteiger partial charge is 0.166 e. The molecule has 0 amide bonds.